The van der Waals surface area contributed by atoms with Crippen molar-refractivity contribution in [1.82, 2.24) is 9.97 Å². The molecule has 2 heterocycles. The minimum Gasteiger partial charge on any atom is -0.543 e. The van der Waals surface area contributed by atoms with Crippen LogP contribution in [0, 0.1) is 13.8 Å². The van der Waals surface area contributed by atoms with Gasteiger partial charge in [0.05, 0.1) is 12.2 Å². The van der Waals surface area contributed by atoms with Crippen molar-refractivity contribution in [2.45, 2.75) is 13.8 Å². The Balaban J connectivity index is 0.000000283. The molecule has 7 heteroatoms. The van der Waals surface area contributed by atoms with Crippen molar-refractivity contribution < 1.29 is 48.3 Å². The summed E-state index contributed by atoms with van der Waals surface area (Å²) in [5.74, 6) is -0.175. The van der Waals surface area contributed by atoms with Crippen LogP contribution in [-0.4, -0.2) is 15.9 Å². The van der Waals surface area contributed by atoms with Gasteiger partial charge in [0.25, 0.3) is 0 Å². The first-order valence-electron chi connectivity index (χ1n) is 4.07. The molecule has 80 valence electrons. The monoisotopic (exact) mass is 232 g/mol. The largest absolute Gasteiger partial charge is 1.00 e. The van der Waals surface area contributed by atoms with Gasteiger partial charge in [-0.3, -0.25) is 0 Å². The van der Waals surface area contributed by atoms with Crippen molar-refractivity contribution in [3.05, 3.63) is 36.2 Å². The molecule has 0 aliphatic carbocycles. The molecule has 0 aliphatic heterocycles. The third-order valence-electron chi connectivity index (χ3n) is 1.49. The summed E-state index contributed by atoms with van der Waals surface area (Å²) >= 11 is 0. The van der Waals surface area contributed by atoms with E-state index in [4.69, 9.17) is 4.42 Å². The molecule has 0 N–H and O–H groups in total. The Labute approximate surface area is 114 Å². The summed E-state index contributed by atoms with van der Waals surface area (Å²) in [5, 5.41) is 10.0. The van der Waals surface area contributed by atoms with Gasteiger partial charge in [-0.05, 0) is 13.8 Å². The first-order valence-corrected chi connectivity index (χ1v) is 4.07. The number of carboxylic acids is 1. The normalized spacial score (nSPS) is 8.62. The van der Waals surface area contributed by atoms with E-state index in [0.29, 0.717) is 0 Å². The van der Waals surface area contributed by atoms with Crippen LogP contribution in [0.5, 0.6) is 0 Å². The molecule has 0 atom stereocenters. The number of hydrogen-bond donors (Lipinski definition) is 0. The zero-order valence-corrected chi connectivity index (χ0v) is 11.3. The van der Waals surface area contributed by atoms with Crippen LogP contribution in [0.15, 0.2) is 27.8 Å². The second kappa shape index (κ2) is 7.21. The van der Waals surface area contributed by atoms with E-state index in [1.807, 2.05) is 6.92 Å². The van der Waals surface area contributed by atoms with Crippen LogP contribution in [0.2, 0.25) is 0 Å². The number of carboxylic acid groups (broad SMARTS) is 1. The molecule has 16 heavy (non-hydrogen) atoms. The summed E-state index contributed by atoms with van der Waals surface area (Å²) in [6.45, 7) is 3.37. The molecule has 2 aromatic rings. The fraction of sp³-hybridized carbons (Fsp3) is 0.222. The number of oxazole rings is 2. The van der Waals surface area contributed by atoms with Gasteiger partial charge >= 0.3 is 29.6 Å². The van der Waals surface area contributed by atoms with Crippen LogP contribution in [0.25, 0.3) is 0 Å². The number of carbonyl (C=O) groups excluding carboxylic acids is 1. The third kappa shape index (κ3) is 4.61. The Morgan fingerprint density at radius 1 is 1.31 bits per heavy atom. The maximum absolute atomic E-state index is 10.0. The summed E-state index contributed by atoms with van der Waals surface area (Å²) in [5.41, 5.74) is -0.130. The SMILES string of the molecule is Cc1cnco1.Cc1ocnc1C(=O)[O-].[Na+]. The Hall–Kier alpha value is -1.11. The van der Waals surface area contributed by atoms with Gasteiger partial charge in [-0.2, -0.15) is 0 Å². The van der Waals surface area contributed by atoms with Crippen molar-refractivity contribution >= 4 is 5.97 Å². The van der Waals surface area contributed by atoms with Gasteiger partial charge in [-0.1, -0.05) is 0 Å². The van der Waals surface area contributed by atoms with Gasteiger partial charge in [0.2, 0.25) is 0 Å². The first-order chi connectivity index (χ1) is 7.11. The van der Waals surface area contributed by atoms with Gasteiger partial charge < -0.3 is 18.7 Å². The van der Waals surface area contributed by atoms with Crippen molar-refractivity contribution in [2.24, 2.45) is 0 Å². The van der Waals surface area contributed by atoms with Crippen molar-refractivity contribution in [2.75, 3.05) is 0 Å². The average molecular weight is 232 g/mol. The number of aromatic nitrogens is 2. The summed E-state index contributed by atoms with van der Waals surface area (Å²) < 4.78 is 9.32. The van der Waals surface area contributed by atoms with Crippen molar-refractivity contribution in [3.8, 4) is 0 Å². The molecule has 0 radical (unpaired) electrons. The van der Waals surface area contributed by atoms with E-state index in [9.17, 15) is 9.90 Å². The predicted octanol–water partition coefficient (Wildman–Crippen LogP) is -2.67. The number of rotatable bonds is 1. The molecule has 0 saturated heterocycles. The summed E-state index contributed by atoms with van der Waals surface area (Å²) in [6.07, 6.45) is 4.15. The molecule has 0 spiro atoms. The molecule has 6 nitrogen and oxygen atoms in total. The Kier molecular flexibility index (Phi) is 6.71. The average Bonchev–Trinajstić information content (AvgIpc) is 2.77. The molecule has 0 saturated carbocycles. The van der Waals surface area contributed by atoms with E-state index in [2.05, 4.69) is 14.4 Å². The molecular weight excluding hydrogens is 223 g/mol. The molecule has 0 fully saturated rings. The number of aromatic carboxylic acids is 1. The molecule has 0 aliphatic rings. The second-order valence-corrected chi connectivity index (χ2v) is 2.66. The topological polar surface area (TPSA) is 92.2 Å². The van der Waals surface area contributed by atoms with Crippen LogP contribution in [0.1, 0.15) is 22.0 Å². The van der Waals surface area contributed by atoms with E-state index in [0.717, 1.165) is 12.2 Å². The quantitative estimate of drug-likeness (QED) is 0.498. The third-order valence-corrected chi connectivity index (χ3v) is 1.49. The predicted molar refractivity (Wildman–Crippen MR) is 46.8 cm³/mol. The van der Waals surface area contributed by atoms with E-state index >= 15 is 0 Å². The first kappa shape index (κ1) is 14.9. The standard InChI is InChI=1S/C5H5NO3.C4H5NO.Na/c1-3-4(5(7)8)6-2-9-3;1-4-2-5-3-6-4;/h2H,1H3,(H,7,8);2-3H,1H3;/q;;+1/p-1. The van der Waals surface area contributed by atoms with Gasteiger partial charge in [-0.25, -0.2) is 9.97 Å². The van der Waals surface area contributed by atoms with Crippen molar-refractivity contribution in [3.63, 3.8) is 0 Å². The van der Waals surface area contributed by atoms with Crippen LogP contribution in [0.4, 0.5) is 0 Å². The van der Waals surface area contributed by atoms with Crippen LogP contribution in [0.3, 0.4) is 0 Å². The van der Waals surface area contributed by atoms with E-state index < -0.39 is 5.97 Å². The fourth-order valence-electron chi connectivity index (χ4n) is 0.781. The zero-order chi connectivity index (χ0) is 11.3. The number of hydrogen-bond acceptors (Lipinski definition) is 6. The molecule has 0 unspecified atom stereocenters. The number of nitrogens with zero attached hydrogens (tertiary/aromatic N) is 2. The maximum atomic E-state index is 10.0. The molecule has 2 aromatic heterocycles. The Bertz CT molecular complexity index is 424. The van der Waals surface area contributed by atoms with Crippen molar-refractivity contribution in [1.29, 1.82) is 0 Å². The number of carbonyl (C=O) groups is 1. The van der Waals surface area contributed by atoms with E-state index in [1.54, 1.807) is 6.20 Å². The minimum atomic E-state index is -1.30. The molecule has 0 amide bonds. The fourth-order valence-corrected chi connectivity index (χ4v) is 0.781. The molecule has 0 bridgehead atoms. The number of aryl methyl sites for hydroxylation is 2. The van der Waals surface area contributed by atoms with E-state index in [-0.39, 0.29) is 41.0 Å². The minimum absolute atomic E-state index is 0. The summed E-state index contributed by atoms with van der Waals surface area (Å²) in [7, 11) is 0. The van der Waals surface area contributed by atoms with Gasteiger partial charge in [-0.15, -0.1) is 0 Å². The second-order valence-electron chi connectivity index (χ2n) is 2.66. The van der Waals surface area contributed by atoms with Gasteiger partial charge in [0.15, 0.2) is 12.8 Å². The van der Waals surface area contributed by atoms with Gasteiger partial charge in [0.1, 0.15) is 17.2 Å². The molecule has 0 aromatic carbocycles. The molecule has 2 rings (SSSR count). The van der Waals surface area contributed by atoms with Crippen LogP contribution in [-0.2, 0) is 0 Å². The zero-order valence-electron chi connectivity index (χ0n) is 9.26. The Morgan fingerprint density at radius 2 is 2.00 bits per heavy atom. The van der Waals surface area contributed by atoms with Crippen LogP contribution >= 0.6 is 0 Å². The molecular formula is C9H9N2NaO4. The summed E-state index contributed by atoms with van der Waals surface area (Å²) in [4.78, 5) is 17.1. The Morgan fingerprint density at radius 3 is 2.19 bits per heavy atom. The van der Waals surface area contributed by atoms with Crippen LogP contribution < -0.4 is 34.7 Å². The van der Waals surface area contributed by atoms with Gasteiger partial charge in [0, 0.05) is 0 Å². The summed E-state index contributed by atoms with van der Waals surface area (Å²) in [6, 6.07) is 0. The maximum Gasteiger partial charge on any atom is 1.00 e. The van der Waals surface area contributed by atoms with E-state index in [1.165, 1.54) is 13.3 Å². The smallest absolute Gasteiger partial charge is 0.543 e.